The second kappa shape index (κ2) is 3.72. The first-order valence-corrected chi connectivity index (χ1v) is 4.29. The lowest BCUT2D eigenvalue weighted by atomic mass is 10.1. The Labute approximate surface area is 69.4 Å². The SMILES string of the molecule is C=CC1=CCCN(C(C)C)C1. The molecule has 0 saturated carbocycles. The van der Waals surface area contributed by atoms with Crippen LogP contribution in [0.5, 0.6) is 0 Å². The molecular formula is C10H17N. The van der Waals surface area contributed by atoms with Crippen molar-refractivity contribution in [2.75, 3.05) is 13.1 Å². The van der Waals surface area contributed by atoms with Crippen LogP contribution in [0.25, 0.3) is 0 Å². The van der Waals surface area contributed by atoms with E-state index >= 15 is 0 Å². The van der Waals surface area contributed by atoms with Gasteiger partial charge in [0.25, 0.3) is 0 Å². The van der Waals surface area contributed by atoms with Gasteiger partial charge in [-0.3, -0.25) is 4.90 Å². The molecule has 11 heavy (non-hydrogen) atoms. The number of rotatable bonds is 2. The van der Waals surface area contributed by atoms with Crippen LogP contribution < -0.4 is 0 Å². The second-order valence-electron chi connectivity index (χ2n) is 3.34. The van der Waals surface area contributed by atoms with E-state index in [9.17, 15) is 0 Å². The molecule has 0 N–H and O–H groups in total. The standard InChI is InChI=1S/C10H17N/c1-4-10-6-5-7-11(8-10)9(2)3/h4,6,9H,1,5,7-8H2,2-3H3. The maximum absolute atomic E-state index is 3.78. The predicted molar refractivity (Wildman–Crippen MR) is 49.6 cm³/mol. The lowest BCUT2D eigenvalue weighted by Gasteiger charge is -2.29. The van der Waals surface area contributed by atoms with Crippen LogP contribution in [0, 0.1) is 0 Å². The summed E-state index contributed by atoms with van der Waals surface area (Å²) in [4.78, 5) is 2.47. The number of nitrogens with zero attached hydrogens (tertiary/aromatic N) is 1. The first-order chi connectivity index (χ1) is 5.24. The van der Waals surface area contributed by atoms with Crippen molar-refractivity contribution >= 4 is 0 Å². The fourth-order valence-corrected chi connectivity index (χ4v) is 1.38. The van der Waals surface area contributed by atoms with Crippen molar-refractivity contribution in [1.82, 2.24) is 4.90 Å². The van der Waals surface area contributed by atoms with Gasteiger partial charge in [0, 0.05) is 19.1 Å². The first kappa shape index (κ1) is 8.54. The summed E-state index contributed by atoms with van der Waals surface area (Å²) in [5.41, 5.74) is 1.38. The van der Waals surface area contributed by atoms with E-state index < -0.39 is 0 Å². The molecule has 1 heteroatoms. The van der Waals surface area contributed by atoms with Crippen molar-refractivity contribution in [3.63, 3.8) is 0 Å². The summed E-state index contributed by atoms with van der Waals surface area (Å²) in [6.45, 7) is 10.6. The summed E-state index contributed by atoms with van der Waals surface area (Å²) in [6.07, 6.45) is 5.43. The fraction of sp³-hybridized carbons (Fsp3) is 0.600. The molecule has 0 aromatic heterocycles. The van der Waals surface area contributed by atoms with Crippen molar-refractivity contribution in [2.24, 2.45) is 0 Å². The highest BCUT2D eigenvalue weighted by Crippen LogP contribution is 2.12. The van der Waals surface area contributed by atoms with Crippen LogP contribution in [-0.4, -0.2) is 24.0 Å². The van der Waals surface area contributed by atoms with Crippen LogP contribution in [0.15, 0.2) is 24.3 Å². The van der Waals surface area contributed by atoms with Crippen LogP contribution in [0.3, 0.4) is 0 Å². The number of hydrogen-bond acceptors (Lipinski definition) is 1. The zero-order valence-corrected chi connectivity index (χ0v) is 7.51. The van der Waals surface area contributed by atoms with Gasteiger partial charge in [-0.05, 0) is 25.8 Å². The third-order valence-corrected chi connectivity index (χ3v) is 2.20. The van der Waals surface area contributed by atoms with Gasteiger partial charge < -0.3 is 0 Å². The molecule has 1 aliphatic rings. The average molecular weight is 151 g/mol. The van der Waals surface area contributed by atoms with Gasteiger partial charge in [-0.1, -0.05) is 18.7 Å². The van der Waals surface area contributed by atoms with E-state index in [0.29, 0.717) is 6.04 Å². The molecule has 62 valence electrons. The Morgan fingerprint density at radius 2 is 2.36 bits per heavy atom. The van der Waals surface area contributed by atoms with Crippen LogP contribution in [0.4, 0.5) is 0 Å². The summed E-state index contributed by atoms with van der Waals surface area (Å²) in [7, 11) is 0. The topological polar surface area (TPSA) is 3.24 Å². The Morgan fingerprint density at radius 3 is 2.91 bits per heavy atom. The van der Waals surface area contributed by atoms with Gasteiger partial charge >= 0.3 is 0 Å². The molecule has 1 rings (SSSR count). The minimum atomic E-state index is 0.665. The van der Waals surface area contributed by atoms with Crippen molar-refractivity contribution in [3.8, 4) is 0 Å². The third-order valence-electron chi connectivity index (χ3n) is 2.20. The minimum Gasteiger partial charge on any atom is -0.296 e. The van der Waals surface area contributed by atoms with Gasteiger partial charge in [-0.25, -0.2) is 0 Å². The molecule has 1 nitrogen and oxygen atoms in total. The van der Waals surface area contributed by atoms with E-state index in [1.165, 1.54) is 18.5 Å². The van der Waals surface area contributed by atoms with E-state index in [-0.39, 0.29) is 0 Å². The normalized spacial score (nSPS) is 20.1. The predicted octanol–water partition coefficient (Wildman–Crippen LogP) is 2.21. The molecule has 0 bridgehead atoms. The van der Waals surface area contributed by atoms with Crippen LogP contribution in [0.2, 0.25) is 0 Å². The lowest BCUT2D eigenvalue weighted by Crippen LogP contribution is -2.35. The maximum atomic E-state index is 3.78. The largest absolute Gasteiger partial charge is 0.296 e. The second-order valence-corrected chi connectivity index (χ2v) is 3.34. The first-order valence-electron chi connectivity index (χ1n) is 4.29. The van der Waals surface area contributed by atoms with Gasteiger partial charge in [0.2, 0.25) is 0 Å². The Bertz CT molecular complexity index is 168. The van der Waals surface area contributed by atoms with Gasteiger partial charge in [0.05, 0.1) is 0 Å². The summed E-state index contributed by atoms with van der Waals surface area (Å²) < 4.78 is 0. The fourth-order valence-electron chi connectivity index (χ4n) is 1.38. The Morgan fingerprint density at radius 1 is 1.64 bits per heavy atom. The zero-order valence-electron chi connectivity index (χ0n) is 7.51. The smallest absolute Gasteiger partial charge is 0.0233 e. The molecular weight excluding hydrogens is 134 g/mol. The van der Waals surface area contributed by atoms with Crippen LogP contribution >= 0.6 is 0 Å². The molecule has 1 aliphatic heterocycles. The molecule has 0 radical (unpaired) electrons. The molecule has 0 fully saturated rings. The number of hydrogen-bond donors (Lipinski definition) is 0. The van der Waals surface area contributed by atoms with E-state index in [4.69, 9.17) is 0 Å². The lowest BCUT2D eigenvalue weighted by molar-refractivity contribution is 0.238. The van der Waals surface area contributed by atoms with Crippen molar-refractivity contribution in [1.29, 1.82) is 0 Å². The summed E-state index contributed by atoms with van der Waals surface area (Å²) >= 11 is 0. The average Bonchev–Trinajstić information content (AvgIpc) is 2.05. The van der Waals surface area contributed by atoms with E-state index in [1.807, 2.05) is 6.08 Å². The molecule has 0 aliphatic carbocycles. The highest BCUT2D eigenvalue weighted by Gasteiger charge is 2.12. The highest BCUT2D eigenvalue weighted by molar-refractivity contribution is 5.20. The molecule has 0 saturated heterocycles. The quantitative estimate of drug-likeness (QED) is 0.585. The maximum Gasteiger partial charge on any atom is 0.0233 e. The molecule has 0 spiro atoms. The monoisotopic (exact) mass is 151 g/mol. The Kier molecular flexibility index (Phi) is 2.89. The molecule has 0 unspecified atom stereocenters. The van der Waals surface area contributed by atoms with Crippen LogP contribution in [-0.2, 0) is 0 Å². The van der Waals surface area contributed by atoms with Gasteiger partial charge in [-0.2, -0.15) is 0 Å². The van der Waals surface area contributed by atoms with E-state index in [2.05, 4.69) is 31.4 Å². The molecule has 0 aromatic carbocycles. The van der Waals surface area contributed by atoms with Crippen molar-refractivity contribution in [2.45, 2.75) is 26.3 Å². The van der Waals surface area contributed by atoms with Crippen LogP contribution in [0.1, 0.15) is 20.3 Å². The molecule has 1 heterocycles. The minimum absolute atomic E-state index is 0.665. The van der Waals surface area contributed by atoms with E-state index in [1.54, 1.807) is 0 Å². The van der Waals surface area contributed by atoms with Gasteiger partial charge in [0.15, 0.2) is 0 Å². The molecule has 0 aromatic rings. The molecule has 0 atom stereocenters. The van der Waals surface area contributed by atoms with Crippen molar-refractivity contribution in [3.05, 3.63) is 24.3 Å². The van der Waals surface area contributed by atoms with Crippen molar-refractivity contribution < 1.29 is 0 Å². The highest BCUT2D eigenvalue weighted by atomic mass is 15.1. The Balaban J connectivity index is 2.52. The summed E-state index contributed by atoms with van der Waals surface area (Å²) in [5.74, 6) is 0. The van der Waals surface area contributed by atoms with Gasteiger partial charge in [0.1, 0.15) is 0 Å². The summed E-state index contributed by atoms with van der Waals surface area (Å²) in [5, 5.41) is 0. The van der Waals surface area contributed by atoms with E-state index in [0.717, 1.165) is 6.54 Å². The third kappa shape index (κ3) is 2.19. The molecule has 0 amide bonds. The van der Waals surface area contributed by atoms with Gasteiger partial charge in [-0.15, -0.1) is 0 Å². The Hall–Kier alpha value is -0.560. The zero-order chi connectivity index (χ0) is 8.27. The summed E-state index contributed by atoms with van der Waals surface area (Å²) in [6, 6.07) is 0.665.